The Labute approximate surface area is 122 Å². The van der Waals surface area contributed by atoms with Gasteiger partial charge in [-0.15, -0.1) is 0 Å². The molecule has 0 heterocycles. The molecule has 6 heteroatoms. The SMILES string of the molecule is CCN(C(=O)NC1CCCC1C(=O)O)c1cccc(F)c1. The van der Waals surface area contributed by atoms with Crippen molar-refractivity contribution in [3.8, 4) is 0 Å². The maximum atomic E-state index is 13.3. The number of carboxylic acid groups (broad SMARTS) is 1. The Morgan fingerprint density at radius 1 is 1.43 bits per heavy atom. The Balaban J connectivity index is 2.09. The van der Waals surface area contributed by atoms with Gasteiger partial charge in [-0.1, -0.05) is 12.5 Å². The molecule has 1 aliphatic rings. The number of rotatable bonds is 4. The van der Waals surface area contributed by atoms with E-state index in [-0.39, 0.29) is 12.1 Å². The lowest BCUT2D eigenvalue weighted by molar-refractivity contribution is -0.142. The predicted octanol–water partition coefficient (Wildman–Crippen LogP) is 2.61. The van der Waals surface area contributed by atoms with Crippen molar-refractivity contribution in [1.29, 1.82) is 0 Å². The van der Waals surface area contributed by atoms with Crippen molar-refractivity contribution in [2.24, 2.45) is 5.92 Å². The first-order chi connectivity index (χ1) is 10.0. The number of hydrogen-bond donors (Lipinski definition) is 2. The summed E-state index contributed by atoms with van der Waals surface area (Å²) in [6.45, 7) is 2.16. The third kappa shape index (κ3) is 3.51. The predicted molar refractivity (Wildman–Crippen MR) is 76.7 cm³/mol. The number of benzene rings is 1. The molecule has 1 aliphatic carbocycles. The molecule has 21 heavy (non-hydrogen) atoms. The Morgan fingerprint density at radius 3 is 2.81 bits per heavy atom. The summed E-state index contributed by atoms with van der Waals surface area (Å²) in [6.07, 6.45) is 2.02. The summed E-state index contributed by atoms with van der Waals surface area (Å²) < 4.78 is 13.3. The average molecular weight is 294 g/mol. The van der Waals surface area contributed by atoms with E-state index in [2.05, 4.69) is 5.32 Å². The number of nitrogens with one attached hydrogen (secondary N) is 1. The minimum Gasteiger partial charge on any atom is -0.481 e. The Hall–Kier alpha value is -2.11. The number of carboxylic acids is 1. The molecule has 2 unspecified atom stereocenters. The van der Waals surface area contributed by atoms with Crippen molar-refractivity contribution in [1.82, 2.24) is 5.32 Å². The fourth-order valence-corrected chi connectivity index (χ4v) is 2.75. The molecule has 0 spiro atoms. The topological polar surface area (TPSA) is 69.6 Å². The van der Waals surface area contributed by atoms with Crippen LogP contribution in [0, 0.1) is 11.7 Å². The molecule has 2 rings (SSSR count). The lowest BCUT2D eigenvalue weighted by atomic mass is 10.0. The molecule has 1 saturated carbocycles. The molecule has 114 valence electrons. The molecule has 5 nitrogen and oxygen atoms in total. The highest BCUT2D eigenvalue weighted by Crippen LogP contribution is 2.26. The monoisotopic (exact) mass is 294 g/mol. The molecular formula is C15H19FN2O3. The molecule has 0 bridgehead atoms. The minimum atomic E-state index is -0.883. The van der Waals surface area contributed by atoms with E-state index in [4.69, 9.17) is 5.11 Å². The first kappa shape index (κ1) is 15.3. The first-order valence-corrected chi connectivity index (χ1v) is 7.09. The van der Waals surface area contributed by atoms with Crippen LogP contribution in [0.4, 0.5) is 14.9 Å². The maximum Gasteiger partial charge on any atom is 0.322 e. The number of nitrogens with zero attached hydrogens (tertiary/aromatic N) is 1. The fraction of sp³-hybridized carbons (Fsp3) is 0.467. The number of amides is 2. The molecular weight excluding hydrogens is 275 g/mol. The second-order valence-electron chi connectivity index (χ2n) is 5.16. The quantitative estimate of drug-likeness (QED) is 0.896. The lowest BCUT2D eigenvalue weighted by Gasteiger charge is -2.25. The minimum absolute atomic E-state index is 0.363. The summed E-state index contributed by atoms with van der Waals surface area (Å²) in [4.78, 5) is 24.8. The van der Waals surface area contributed by atoms with E-state index in [0.29, 0.717) is 25.1 Å². The largest absolute Gasteiger partial charge is 0.481 e. The summed E-state index contributed by atoms with van der Waals surface area (Å²) in [5.74, 6) is -1.84. The van der Waals surface area contributed by atoms with Crippen molar-refractivity contribution in [2.75, 3.05) is 11.4 Å². The van der Waals surface area contributed by atoms with E-state index in [1.54, 1.807) is 13.0 Å². The molecule has 1 aromatic rings. The third-order valence-corrected chi connectivity index (χ3v) is 3.82. The van der Waals surface area contributed by atoms with E-state index in [9.17, 15) is 14.0 Å². The zero-order chi connectivity index (χ0) is 15.4. The van der Waals surface area contributed by atoms with Gasteiger partial charge in [-0.05, 0) is 38.0 Å². The van der Waals surface area contributed by atoms with Crippen molar-refractivity contribution in [2.45, 2.75) is 32.2 Å². The van der Waals surface area contributed by atoms with Crippen LogP contribution in [0.5, 0.6) is 0 Å². The summed E-state index contributed by atoms with van der Waals surface area (Å²) in [7, 11) is 0. The molecule has 0 saturated heterocycles. The molecule has 2 amide bonds. The Bertz CT molecular complexity index is 535. The molecule has 0 aliphatic heterocycles. The number of hydrogen-bond acceptors (Lipinski definition) is 2. The average Bonchev–Trinajstić information content (AvgIpc) is 2.88. The van der Waals surface area contributed by atoms with Gasteiger partial charge in [0, 0.05) is 18.3 Å². The van der Waals surface area contributed by atoms with Crippen LogP contribution in [0.15, 0.2) is 24.3 Å². The maximum absolute atomic E-state index is 13.3. The van der Waals surface area contributed by atoms with Gasteiger partial charge in [0.25, 0.3) is 0 Å². The van der Waals surface area contributed by atoms with Crippen molar-refractivity contribution in [3.63, 3.8) is 0 Å². The lowest BCUT2D eigenvalue weighted by Crippen LogP contribution is -2.47. The zero-order valence-corrected chi connectivity index (χ0v) is 11.9. The highest BCUT2D eigenvalue weighted by molar-refractivity contribution is 5.92. The fourth-order valence-electron chi connectivity index (χ4n) is 2.75. The van der Waals surface area contributed by atoms with Crippen LogP contribution in [0.25, 0.3) is 0 Å². The highest BCUT2D eigenvalue weighted by atomic mass is 19.1. The Kier molecular flexibility index (Phi) is 4.77. The smallest absolute Gasteiger partial charge is 0.322 e. The molecule has 0 aromatic heterocycles. The van der Waals surface area contributed by atoms with Crippen LogP contribution in [-0.2, 0) is 4.79 Å². The van der Waals surface area contributed by atoms with Crippen LogP contribution in [0.2, 0.25) is 0 Å². The first-order valence-electron chi connectivity index (χ1n) is 7.09. The Morgan fingerprint density at radius 2 is 2.19 bits per heavy atom. The van der Waals surface area contributed by atoms with Crippen molar-refractivity contribution < 1.29 is 19.1 Å². The number of halogens is 1. The van der Waals surface area contributed by atoms with Crippen LogP contribution < -0.4 is 10.2 Å². The van der Waals surface area contributed by atoms with Crippen molar-refractivity contribution in [3.05, 3.63) is 30.1 Å². The summed E-state index contributed by atoms with van der Waals surface area (Å²) in [5.41, 5.74) is 0.458. The van der Waals surface area contributed by atoms with E-state index < -0.39 is 17.7 Å². The standard InChI is InChI=1S/C15H19FN2O3/c1-2-18(11-6-3-5-10(16)9-11)15(21)17-13-8-4-7-12(13)14(19)20/h3,5-6,9,12-13H,2,4,7-8H2,1H3,(H,17,21)(H,19,20). The molecule has 1 aromatic carbocycles. The third-order valence-electron chi connectivity index (χ3n) is 3.82. The second-order valence-corrected chi connectivity index (χ2v) is 5.16. The zero-order valence-electron chi connectivity index (χ0n) is 11.9. The van der Waals surface area contributed by atoms with Crippen LogP contribution in [0.3, 0.4) is 0 Å². The van der Waals surface area contributed by atoms with Gasteiger partial charge in [0.2, 0.25) is 0 Å². The number of anilines is 1. The van der Waals surface area contributed by atoms with E-state index in [1.165, 1.54) is 23.1 Å². The van der Waals surface area contributed by atoms with E-state index >= 15 is 0 Å². The van der Waals surface area contributed by atoms with Gasteiger partial charge < -0.3 is 10.4 Å². The molecule has 0 radical (unpaired) electrons. The van der Waals surface area contributed by atoms with Gasteiger partial charge >= 0.3 is 12.0 Å². The number of urea groups is 1. The number of carbonyl (C=O) groups is 2. The van der Waals surface area contributed by atoms with Crippen LogP contribution in [-0.4, -0.2) is 29.7 Å². The van der Waals surface area contributed by atoms with Gasteiger partial charge in [-0.2, -0.15) is 0 Å². The second kappa shape index (κ2) is 6.56. The summed E-state index contributed by atoms with van der Waals surface area (Å²) in [6, 6.07) is 5.03. The van der Waals surface area contributed by atoms with Crippen molar-refractivity contribution >= 4 is 17.7 Å². The van der Waals surface area contributed by atoms with Gasteiger partial charge in [0.1, 0.15) is 5.82 Å². The normalized spacial score (nSPS) is 21.0. The van der Waals surface area contributed by atoms with Gasteiger partial charge in [0.15, 0.2) is 0 Å². The summed E-state index contributed by atoms with van der Waals surface area (Å²) in [5, 5.41) is 11.9. The van der Waals surface area contributed by atoms with Gasteiger partial charge in [-0.25, -0.2) is 9.18 Å². The summed E-state index contributed by atoms with van der Waals surface area (Å²) >= 11 is 0. The number of aliphatic carboxylic acids is 1. The molecule has 2 N–H and O–H groups in total. The number of carbonyl (C=O) groups excluding carboxylic acids is 1. The van der Waals surface area contributed by atoms with Crippen LogP contribution >= 0.6 is 0 Å². The van der Waals surface area contributed by atoms with E-state index in [0.717, 1.165) is 6.42 Å². The molecule has 1 fully saturated rings. The highest BCUT2D eigenvalue weighted by Gasteiger charge is 2.34. The van der Waals surface area contributed by atoms with Crippen LogP contribution in [0.1, 0.15) is 26.2 Å². The van der Waals surface area contributed by atoms with E-state index in [1.807, 2.05) is 0 Å². The van der Waals surface area contributed by atoms with Gasteiger partial charge in [0.05, 0.1) is 5.92 Å². The van der Waals surface area contributed by atoms with Gasteiger partial charge in [-0.3, -0.25) is 9.69 Å². The molecule has 2 atom stereocenters.